The Bertz CT molecular complexity index is 693. The van der Waals surface area contributed by atoms with Crippen LogP contribution in [0, 0.1) is 21.4 Å². The molecule has 0 unspecified atom stereocenters. The molecular weight excluding hydrogens is 254 g/mol. The van der Waals surface area contributed by atoms with Gasteiger partial charge >= 0.3 is 5.88 Å². The van der Waals surface area contributed by atoms with Crippen LogP contribution in [0.3, 0.4) is 0 Å². The Kier molecular flexibility index (Phi) is 2.99. The van der Waals surface area contributed by atoms with Gasteiger partial charge in [-0.05, 0) is 6.07 Å². The summed E-state index contributed by atoms with van der Waals surface area (Å²) in [5, 5.41) is 25.5. The average molecular weight is 261 g/mol. The molecule has 2 heterocycles. The molecule has 2 rings (SSSR count). The first-order valence-corrected chi connectivity index (χ1v) is 5.00. The van der Waals surface area contributed by atoms with Crippen molar-refractivity contribution < 1.29 is 14.1 Å². The van der Waals surface area contributed by atoms with Crippen molar-refractivity contribution in [2.75, 3.05) is 5.32 Å². The molecule has 2 aromatic rings. The van der Waals surface area contributed by atoms with Crippen LogP contribution in [0.15, 0.2) is 22.7 Å². The van der Waals surface area contributed by atoms with Crippen LogP contribution in [0.5, 0.6) is 0 Å². The lowest BCUT2D eigenvalue weighted by Crippen LogP contribution is -2.12. The molecule has 9 nitrogen and oxygen atoms in total. The second-order valence-electron chi connectivity index (χ2n) is 3.53. The quantitative estimate of drug-likeness (QED) is 0.649. The Morgan fingerprint density at radius 2 is 2.37 bits per heavy atom. The van der Waals surface area contributed by atoms with Crippen LogP contribution in [-0.4, -0.2) is 20.6 Å². The summed E-state index contributed by atoms with van der Waals surface area (Å²) in [4.78, 5) is 21.4. The summed E-state index contributed by atoms with van der Waals surface area (Å²) < 4.78 is 6.09. The number of hydrogen-bond acceptors (Lipinski definition) is 6. The topological polar surface area (TPSA) is 127 Å². The molecule has 0 atom stereocenters. The van der Waals surface area contributed by atoms with E-state index >= 15 is 0 Å². The van der Waals surface area contributed by atoms with Gasteiger partial charge in [-0.1, -0.05) is 0 Å². The van der Waals surface area contributed by atoms with Crippen molar-refractivity contribution in [2.45, 2.75) is 0 Å². The van der Waals surface area contributed by atoms with E-state index in [1.165, 1.54) is 16.9 Å². The predicted molar refractivity (Wildman–Crippen MR) is 61.2 cm³/mol. The van der Waals surface area contributed by atoms with Crippen molar-refractivity contribution in [1.82, 2.24) is 9.78 Å². The molecule has 9 heteroatoms. The molecule has 96 valence electrons. The second-order valence-corrected chi connectivity index (χ2v) is 3.53. The number of nitriles is 1. The fraction of sp³-hybridized carbons (Fsp3) is 0.100. The summed E-state index contributed by atoms with van der Waals surface area (Å²) >= 11 is 0. The number of nitrogens with zero attached hydrogens (tertiary/aromatic N) is 4. The molecule has 0 aliphatic rings. The van der Waals surface area contributed by atoms with Crippen LogP contribution in [-0.2, 0) is 7.05 Å². The van der Waals surface area contributed by atoms with Crippen molar-refractivity contribution in [3.8, 4) is 6.07 Å². The Labute approximate surface area is 106 Å². The maximum Gasteiger partial charge on any atom is 0.433 e. The molecule has 0 fully saturated rings. The smallest absolute Gasteiger partial charge is 0.395 e. The zero-order chi connectivity index (χ0) is 14.0. The number of carbonyl (C=O) groups excluding carboxylic acids is 1. The number of aryl methyl sites for hydroxylation is 1. The molecule has 0 radical (unpaired) electrons. The van der Waals surface area contributed by atoms with Gasteiger partial charge in [0.15, 0.2) is 11.6 Å². The fourth-order valence-electron chi connectivity index (χ4n) is 1.38. The molecule has 0 aliphatic heterocycles. The van der Waals surface area contributed by atoms with Crippen molar-refractivity contribution in [1.29, 1.82) is 5.26 Å². The number of hydrogen-bond donors (Lipinski definition) is 1. The number of rotatable bonds is 3. The SMILES string of the molecule is Cn1cc(C#N)c(NC(=O)c2ccc([N+](=O)[O-])o2)n1. The standard InChI is InChI=1S/C10H7N5O4/c1-14-5-6(4-11)9(13-14)12-10(16)7-2-3-8(19-7)15(17)18/h2-3,5H,1H3,(H,12,13,16). The monoisotopic (exact) mass is 261 g/mol. The van der Waals surface area contributed by atoms with Gasteiger partial charge in [-0.25, -0.2) is 0 Å². The Morgan fingerprint density at radius 1 is 1.63 bits per heavy atom. The van der Waals surface area contributed by atoms with E-state index in [1.54, 1.807) is 7.05 Å². The van der Waals surface area contributed by atoms with Gasteiger partial charge in [0.25, 0.3) is 5.91 Å². The van der Waals surface area contributed by atoms with Gasteiger partial charge in [0.05, 0.1) is 6.07 Å². The van der Waals surface area contributed by atoms with Crippen LogP contribution in [0.1, 0.15) is 16.1 Å². The number of anilines is 1. The van der Waals surface area contributed by atoms with Gasteiger partial charge in [0.1, 0.15) is 16.6 Å². The molecule has 19 heavy (non-hydrogen) atoms. The van der Waals surface area contributed by atoms with E-state index in [0.29, 0.717) is 0 Å². The predicted octanol–water partition coefficient (Wildman–Crippen LogP) is 1.05. The molecular formula is C10H7N5O4. The first-order valence-electron chi connectivity index (χ1n) is 5.00. The summed E-state index contributed by atoms with van der Waals surface area (Å²) in [7, 11) is 1.59. The zero-order valence-electron chi connectivity index (χ0n) is 9.65. The molecule has 0 aliphatic carbocycles. The van der Waals surface area contributed by atoms with E-state index in [9.17, 15) is 14.9 Å². The molecule has 0 saturated heterocycles. The first-order chi connectivity index (χ1) is 9.01. The van der Waals surface area contributed by atoms with Gasteiger partial charge in [0, 0.05) is 13.2 Å². The molecule has 1 amide bonds. The van der Waals surface area contributed by atoms with Crippen LogP contribution in [0.25, 0.3) is 0 Å². The molecule has 0 saturated carbocycles. The minimum atomic E-state index is -0.752. The van der Waals surface area contributed by atoms with Crippen LogP contribution in [0.2, 0.25) is 0 Å². The number of amides is 1. The van der Waals surface area contributed by atoms with Crippen molar-refractivity contribution in [2.24, 2.45) is 7.05 Å². The van der Waals surface area contributed by atoms with Crippen LogP contribution < -0.4 is 5.32 Å². The van der Waals surface area contributed by atoms with E-state index in [1.807, 2.05) is 6.07 Å². The minimum absolute atomic E-state index is 0.0639. The molecule has 2 aromatic heterocycles. The minimum Gasteiger partial charge on any atom is -0.395 e. The maximum atomic E-state index is 11.7. The highest BCUT2D eigenvalue weighted by molar-refractivity contribution is 6.02. The second kappa shape index (κ2) is 4.61. The Balaban J connectivity index is 2.21. The molecule has 0 bridgehead atoms. The van der Waals surface area contributed by atoms with E-state index in [2.05, 4.69) is 10.4 Å². The van der Waals surface area contributed by atoms with Crippen molar-refractivity contribution in [3.05, 3.63) is 39.8 Å². The third-order valence-corrected chi connectivity index (χ3v) is 2.18. The highest BCUT2D eigenvalue weighted by atomic mass is 16.6. The third-order valence-electron chi connectivity index (χ3n) is 2.18. The molecule has 1 N–H and O–H groups in total. The van der Waals surface area contributed by atoms with Crippen molar-refractivity contribution in [3.63, 3.8) is 0 Å². The highest BCUT2D eigenvalue weighted by Crippen LogP contribution is 2.18. The van der Waals surface area contributed by atoms with E-state index in [0.717, 1.165) is 6.07 Å². The normalized spacial score (nSPS) is 9.89. The summed E-state index contributed by atoms with van der Waals surface area (Å²) in [6, 6.07) is 4.10. The van der Waals surface area contributed by atoms with Gasteiger partial charge in [-0.3, -0.25) is 19.6 Å². The fourth-order valence-corrected chi connectivity index (χ4v) is 1.38. The van der Waals surface area contributed by atoms with Gasteiger partial charge in [-0.15, -0.1) is 0 Å². The van der Waals surface area contributed by atoms with Crippen LogP contribution >= 0.6 is 0 Å². The van der Waals surface area contributed by atoms with E-state index in [4.69, 9.17) is 9.68 Å². The van der Waals surface area contributed by atoms with Gasteiger partial charge < -0.3 is 9.73 Å². The third kappa shape index (κ3) is 2.42. The summed E-state index contributed by atoms with van der Waals surface area (Å²) in [6.07, 6.45) is 1.43. The van der Waals surface area contributed by atoms with Gasteiger partial charge in [-0.2, -0.15) is 10.4 Å². The maximum absolute atomic E-state index is 11.7. The van der Waals surface area contributed by atoms with Crippen LogP contribution in [0.4, 0.5) is 11.7 Å². The molecule has 0 aromatic carbocycles. The first kappa shape index (κ1) is 12.3. The van der Waals surface area contributed by atoms with E-state index in [-0.39, 0.29) is 17.1 Å². The summed E-state index contributed by atoms with van der Waals surface area (Å²) in [5.74, 6) is -1.43. The molecule has 0 spiro atoms. The van der Waals surface area contributed by atoms with Crippen molar-refractivity contribution >= 4 is 17.6 Å². The zero-order valence-corrected chi connectivity index (χ0v) is 9.65. The number of furan rings is 1. The van der Waals surface area contributed by atoms with Gasteiger partial charge in [0.2, 0.25) is 0 Å². The highest BCUT2D eigenvalue weighted by Gasteiger charge is 2.19. The lowest BCUT2D eigenvalue weighted by molar-refractivity contribution is -0.402. The average Bonchev–Trinajstić information content (AvgIpc) is 2.95. The number of carbonyl (C=O) groups is 1. The summed E-state index contributed by atoms with van der Waals surface area (Å²) in [5.41, 5.74) is 0.178. The van der Waals surface area contributed by atoms with E-state index < -0.39 is 16.7 Å². The number of nitrogens with one attached hydrogen (secondary N) is 1. The Morgan fingerprint density at radius 3 is 2.95 bits per heavy atom. The lowest BCUT2D eigenvalue weighted by atomic mass is 10.3. The Hall–Kier alpha value is -3.15. The lowest BCUT2D eigenvalue weighted by Gasteiger charge is -1.98. The largest absolute Gasteiger partial charge is 0.433 e. The number of nitro groups is 1. The summed E-state index contributed by atoms with van der Waals surface area (Å²) in [6.45, 7) is 0. The number of aromatic nitrogens is 2.